The van der Waals surface area contributed by atoms with Crippen molar-refractivity contribution in [3.8, 4) is 95.5 Å². The maximum atomic E-state index is 10.6. The van der Waals surface area contributed by atoms with Gasteiger partial charge < -0.3 is 9.15 Å². The Hall–Kier alpha value is -10.6. The number of aryl methyl sites for hydroxylation is 2. The second kappa shape index (κ2) is 20.5. The topological polar surface area (TPSA) is 49.0 Å². The van der Waals surface area contributed by atoms with Gasteiger partial charge in [-0.2, -0.15) is 0 Å². The van der Waals surface area contributed by atoms with Crippen molar-refractivity contribution < 1.29 is 48.0 Å². The van der Waals surface area contributed by atoms with Crippen molar-refractivity contribution in [2.75, 3.05) is 0 Å². The lowest BCUT2D eigenvalue weighted by Crippen LogP contribution is -2.33. The molecule has 4 aromatic heterocycles. The van der Waals surface area contributed by atoms with Crippen molar-refractivity contribution in [3.05, 3.63) is 271 Å². The van der Waals surface area contributed by atoms with Gasteiger partial charge in [0.05, 0.1) is 37.6 Å². The van der Waals surface area contributed by atoms with Gasteiger partial charge in [0.2, 0.25) is 0 Å². The number of pyridine rings is 1. The van der Waals surface area contributed by atoms with E-state index in [9.17, 15) is 17.8 Å². The molecular weight excluding hydrogens is 1120 g/mol. The van der Waals surface area contributed by atoms with Crippen LogP contribution in [0.1, 0.15) is 123 Å². The lowest BCUT2D eigenvalue weighted by molar-refractivity contribution is -0.570. The van der Waals surface area contributed by atoms with Crippen molar-refractivity contribution in [2.24, 2.45) is 0 Å². The van der Waals surface area contributed by atoms with Gasteiger partial charge in [-0.15, -0.1) is 0 Å². The maximum Gasteiger partial charge on any atom is 0.269 e. The van der Waals surface area contributed by atoms with Gasteiger partial charge in [-0.25, -0.2) is 4.98 Å². The molecule has 0 atom stereocenters. The lowest BCUT2D eigenvalue weighted by Gasteiger charge is -2.42. The van der Waals surface area contributed by atoms with Gasteiger partial charge in [0.25, 0.3) is 6.33 Å². The summed E-state index contributed by atoms with van der Waals surface area (Å²) in [6.07, 6.45) is -3.73. The first-order chi connectivity index (χ1) is 54.8. The van der Waals surface area contributed by atoms with Crippen LogP contribution in [0, 0.1) is 20.0 Å². The molecule has 6 heteroatoms. The highest BCUT2D eigenvalue weighted by Crippen LogP contribution is 2.51. The molecule has 0 saturated carbocycles. The van der Waals surface area contributed by atoms with E-state index in [0.717, 1.165) is 32.8 Å². The van der Waals surface area contributed by atoms with Gasteiger partial charge in [-0.05, 0) is 222 Å². The average Bonchev–Trinajstić information content (AvgIpc) is 1.23. The molecule has 0 spiro atoms. The van der Waals surface area contributed by atoms with Crippen LogP contribution in [0.5, 0.6) is 11.5 Å². The van der Waals surface area contributed by atoms with Gasteiger partial charge in [-0.3, -0.25) is 13.7 Å². The number of hydrogen-bond acceptors (Lipinski definition) is 3. The van der Waals surface area contributed by atoms with Crippen LogP contribution >= 0.6 is 0 Å². The number of nitrogens with zero attached hydrogens (tertiary/aromatic N) is 4. The van der Waals surface area contributed by atoms with E-state index in [1.165, 1.54) is 30.3 Å². The fourth-order valence-corrected chi connectivity index (χ4v) is 13.6. The summed E-state index contributed by atoms with van der Waals surface area (Å²) in [5.74, 6) is 1.31. The number of para-hydroxylation sites is 2. The van der Waals surface area contributed by atoms with E-state index < -0.39 is 99.5 Å². The number of rotatable bonds is 7. The highest BCUT2D eigenvalue weighted by atomic mass is 16.5. The van der Waals surface area contributed by atoms with Gasteiger partial charge in [0.1, 0.15) is 28.5 Å². The van der Waals surface area contributed by atoms with Gasteiger partial charge in [-0.1, -0.05) is 188 Å². The summed E-state index contributed by atoms with van der Waals surface area (Å²) in [6, 6.07) is 58.2. The molecule has 5 heterocycles. The number of fused-ring (bicyclic) bond motifs is 14. The van der Waals surface area contributed by atoms with E-state index in [0.29, 0.717) is 72.8 Å². The number of benzene rings is 11. The zero-order valence-corrected chi connectivity index (χ0v) is 49.9. The molecule has 1 aliphatic heterocycles. The number of furan rings is 1. The molecule has 0 fully saturated rings. The fourth-order valence-electron chi connectivity index (χ4n) is 13.6. The van der Waals surface area contributed by atoms with Crippen LogP contribution in [0.4, 0.5) is 0 Å². The Balaban J connectivity index is 1.03. The maximum absolute atomic E-state index is 10.6. The van der Waals surface area contributed by atoms with E-state index >= 15 is 0 Å². The quantitative estimate of drug-likeness (QED) is 0.118. The average molecular weight is 1220 g/mol. The summed E-state index contributed by atoms with van der Waals surface area (Å²) in [6.45, 7) is -16.7. The highest BCUT2D eigenvalue weighted by molar-refractivity contribution is 6.10. The first-order valence-corrected chi connectivity index (χ1v) is 30.2. The molecule has 446 valence electrons. The third kappa shape index (κ3) is 8.82. The van der Waals surface area contributed by atoms with Crippen molar-refractivity contribution in [2.45, 2.75) is 90.9 Å². The molecular formula is C86H70N4O2. The largest absolute Gasteiger partial charge is 0.458 e. The summed E-state index contributed by atoms with van der Waals surface area (Å²) >= 11 is 0. The lowest BCUT2D eigenvalue weighted by atomic mass is 9.63. The van der Waals surface area contributed by atoms with E-state index in [4.69, 9.17) is 30.6 Å². The zero-order chi connectivity index (χ0) is 83.7. The third-order valence-electron chi connectivity index (χ3n) is 17.9. The second-order valence-electron chi connectivity index (χ2n) is 24.7. The first-order valence-electron chi connectivity index (χ1n) is 42.7. The van der Waals surface area contributed by atoms with E-state index in [1.54, 1.807) is 88.1 Å². The normalized spacial score (nSPS) is 19.9. The summed E-state index contributed by atoms with van der Waals surface area (Å²) in [5, 5.41) is 3.25. The number of ether oxygens (including phenoxy) is 1. The number of hydrogen-bond donors (Lipinski definition) is 0. The summed E-state index contributed by atoms with van der Waals surface area (Å²) in [7, 11) is 0. The van der Waals surface area contributed by atoms with E-state index in [1.807, 2.05) is 103 Å². The Bertz CT molecular complexity index is 6640. The summed E-state index contributed by atoms with van der Waals surface area (Å²) in [4.78, 5) is 4.88. The first kappa shape index (κ1) is 35.2. The Morgan fingerprint density at radius 1 is 0.533 bits per heavy atom. The summed E-state index contributed by atoms with van der Waals surface area (Å²) < 4.78 is 252. The van der Waals surface area contributed by atoms with Crippen LogP contribution < -0.4 is 9.30 Å². The third-order valence-corrected chi connectivity index (χ3v) is 17.9. The predicted molar refractivity (Wildman–Crippen MR) is 379 cm³/mol. The molecule has 2 aliphatic rings. The molecule has 1 aliphatic carbocycles. The standard InChI is InChI=1S/C86H70N4O2/c1-52-20-18-21-53(2)81(52)57-44-69(55-33-37-79-70(42-55)68-29-15-17-31-78(68)92-79)82-71(45-57)64-26-12-10-24-62(64)63-25-11-13-27-65(63)72-43-56(54-32-36-73-74(46-54)86(8,9)40-39-85(73,6)7)47-77-83(72)89(82)51-88(77)59-22-19-23-60(49-59)91-61-34-35-67-66-28-14-16-30-75(66)90(76(67)50-61)80-48-58(38-41-87-80)84(3,4)5/h10-38,41-50H,39-40H2,1-9H3/i1D3,2D3,6D3,7D3,8D3,9D3,32D,36D,39D2,40D2,46D. The Morgan fingerprint density at radius 3 is 1.97 bits per heavy atom. The minimum atomic E-state index is -4.61. The fraction of sp³-hybridized carbons (Fsp3) is 0.163. The van der Waals surface area contributed by atoms with Gasteiger partial charge in [0.15, 0.2) is 0 Å². The van der Waals surface area contributed by atoms with E-state index in [-0.39, 0.29) is 61.3 Å². The van der Waals surface area contributed by atoms with Crippen molar-refractivity contribution >= 4 is 54.8 Å². The molecule has 0 unspecified atom stereocenters. The van der Waals surface area contributed by atoms with Crippen LogP contribution in [0.15, 0.2) is 241 Å². The van der Waals surface area contributed by atoms with Gasteiger partial charge >= 0.3 is 0 Å². The van der Waals surface area contributed by atoms with Gasteiger partial charge in [0, 0.05) is 64.0 Å². The predicted octanol–water partition coefficient (Wildman–Crippen LogP) is 22.5. The van der Waals surface area contributed by atoms with Crippen LogP contribution in [0.3, 0.4) is 0 Å². The molecule has 17 rings (SSSR count). The minimum absolute atomic E-state index is 0.0869. The molecule has 0 saturated heterocycles. The van der Waals surface area contributed by atoms with Crippen LogP contribution in [0.25, 0.3) is 139 Å². The molecule has 0 radical (unpaired) electrons. The number of imidazole rings is 1. The van der Waals surface area contributed by atoms with E-state index in [2.05, 4.69) is 37.7 Å². The van der Waals surface area contributed by atoms with Crippen LogP contribution in [0.2, 0.25) is 0 Å². The second-order valence-corrected chi connectivity index (χ2v) is 24.7. The van der Waals surface area contributed by atoms with Crippen molar-refractivity contribution in [3.63, 3.8) is 0 Å². The molecule has 11 aromatic carbocycles. The minimum Gasteiger partial charge on any atom is -0.458 e. The molecule has 6 nitrogen and oxygen atoms in total. The van der Waals surface area contributed by atoms with Crippen LogP contribution in [-0.4, -0.2) is 14.1 Å². The molecule has 0 bridgehead atoms. The van der Waals surface area contributed by atoms with Crippen molar-refractivity contribution in [1.82, 2.24) is 14.1 Å². The monoisotopic (exact) mass is 1220 g/mol. The zero-order valence-electron chi connectivity index (χ0n) is 74.9. The number of aromatic nitrogens is 4. The molecule has 0 amide bonds. The van der Waals surface area contributed by atoms with Crippen molar-refractivity contribution in [1.29, 1.82) is 0 Å². The Labute approximate surface area is 572 Å². The molecule has 92 heavy (non-hydrogen) atoms. The Kier molecular flexibility index (Phi) is 7.82. The van der Waals surface area contributed by atoms with Crippen LogP contribution in [-0.2, 0) is 16.2 Å². The molecule has 15 aromatic rings. The molecule has 0 N–H and O–H groups in total. The SMILES string of the molecule is [2H]c1c([2H])c2c(c([2H])c1-c1cc3c4c(c1)n(-c1cccc(Oc5ccc6c7ccccc7n(-c7cc(C(C)(C)C)ccn7)c6c5)c1)[c-][n+]4-c1c(-c4ccc5oc6ccccc6c5c4)cc(-c4c(C([2H])([2H])[2H])cccc4C([2H])([2H])[2H])cc1-c1ccccc1-c1ccccc1-3)C(C([2H])([2H])[2H])(C([2H])([2H])[2H])C([2H])([2H])C([2H])([2H])C2(C([2H])([2H])[2H])C([2H])([2H])[2H]. The smallest absolute Gasteiger partial charge is 0.269 e. The highest BCUT2D eigenvalue weighted by Gasteiger charge is 2.38. The Morgan fingerprint density at radius 2 is 1.20 bits per heavy atom. The summed E-state index contributed by atoms with van der Waals surface area (Å²) in [5.41, 5.74) is -5.80.